The zero-order valence-corrected chi connectivity index (χ0v) is 17.3. The lowest BCUT2D eigenvalue weighted by atomic mass is 10.0. The average Bonchev–Trinajstić information content (AvgIpc) is 3.22. The molecule has 0 aliphatic heterocycles. The Labute approximate surface area is 170 Å². The fraction of sp³-hybridized carbons (Fsp3) is 0.261. The molecule has 0 fully saturated rings. The van der Waals surface area contributed by atoms with E-state index in [1.807, 2.05) is 48.9 Å². The summed E-state index contributed by atoms with van der Waals surface area (Å²) in [7, 11) is 4.57. The van der Waals surface area contributed by atoms with Gasteiger partial charge in [0, 0.05) is 35.3 Å². The van der Waals surface area contributed by atoms with Gasteiger partial charge in [-0.15, -0.1) is 0 Å². The fourth-order valence-electron chi connectivity index (χ4n) is 3.06. The largest absolute Gasteiger partial charge is 0.493 e. The molecule has 0 amide bonds. The molecule has 0 unspecified atom stereocenters. The second-order valence-electron chi connectivity index (χ2n) is 6.71. The third-order valence-electron chi connectivity index (χ3n) is 4.37. The van der Waals surface area contributed by atoms with Gasteiger partial charge in [-0.1, -0.05) is 6.07 Å². The first-order valence-corrected chi connectivity index (χ1v) is 9.26. The van der Waals surface area contributed by atoms with Gasteiger partial charge in [0.2, 0.25) is 5.75 Å². The number of aromatic nitrogens is 1. The van der Waals surface area contributed by atoms with Crippen molar-refractivity contribution in [2.75, 3.05) is 21.3 Å². The molecule has 0 saturated heterocycles. The van der Waals surface area contributed by atoms with E-state index in [4.69, 9.17) is 18.9 Å². The fourth-order valence-corrected chi connectivity index (χ4v) is 3.06. The number of nitrogens with zero attached hydrogens (tertiary/aromatic N) is 1. The summed E-state index contributed by atoms with van der Waals surface area (Å²) in [5, 5.41) is 0. The maximum Gasteiger partial charge on any atom is 0.203 e. The third-order valence-corrected chi connectivity index (χ3v) is 4.37. The molecule has 6 heteroatoms. The molecule has 29 heavy (non-hydrogen) atoms. The minimum atomic E-state index is -0.141. The van der Waals surface area contributed by atoms with Crippen LogP contribution in [0.4, 0.5) is 0 Å². The number of carbonyl (C=O) groups excluding carboxylic acids is 1. The van der Waals surface area contributed by atoms with E-state index in [1.54, 1.807) is 24.4 Å². The third kappa shape index (κ3) is 4.37. The summed E-state index contributed by atoms with van der Waals surface area (Å²) in [5.74, 6) is 1.97. The van der Waals surface area contributed by atoms with Gasteiger partial charge < -0.3 is 23.5 Å². The van der Waals surface area contributed by atoms with Crippen LogP contribution in [0.25, 0.3) is 5.69 Å². The Morgan fingerprint density at radius 2 is 1.59 bits per heavy atom. The summed E-state index contributed by atoms with van der Waals surface area (Å²) in [4.78, 5) is 13.0. The zero-order chi connectivity index (χ0) is 21.0. The first-order valence-electron chi connectivity index (χ1n) is 9.26. The van der Waals surface area contributed by atoms with Crippen LogP contribution in [-0.2, 0) is 0 Å². The predicted molar refractivity (Wildman–Crippen MR) is 111 cm³/mol. The highest BCUT2D eigenvalue weighted by atomic mass is 16.5. The van der Waals surface area contributed by atoms with E-state index >= 15 is 0 Å². The minimum Gasteiger partial charge on any atom is -0.493 e. The number of hydrogen-bond acceptors (Lipinski definition) is 5. The highest BCUT2D eigenvalue weighted by Crippen LogP contribution is 2.38. The number of hydrogen-bond donors (Lipinski definition) is 0. The van der Waals surface area contributed by atoms with E-state index in [-0.39, 0.29) is 11.9 Å². The molecule has 2 aromatic carbocycles. The van der Waals surface area contributed by atoms with Crippen molar-refractivity contribution in [3.63, 3.8) is 0 Å². The second-order valence-corrected chi connectivity index (χ2v) is 6.71. The molecule has 1 aromatic heterocycles. The summed E-state index contributed by atoms with van der Waals surface area (Å²) >= 11 is 0. The molecule has 3 rings (SSSR count). The Kier molecular flexibility index (Phi) is 6.12. The molecule has 0 bridgehead atoms. The van der Waals surface area contributed by atoms with Gasteiger partial charge in [-0.3, -0.25) is 4.79 Å². The van der Waals surface area contributed by atoms with Gasteiger partial charge in [0.1, 0.15) is 5.75 Å². The van der Waals surface area contributed by atoms with E-state index in [1.165, 1.54) is 21.3 Å². The summed E-state index contributed by atoms with van der Waals surface area (Å²) in [5.41, 5.74) is 1.91. The maximum atomic E-state index is 13.0. The van der Waals surface area contributed by atoms with Crippen molar-refractivity contribution in [3.8, 4) is 28.7 Å². The van der Waals surface area contributed by atoms with Crippen molar-refractivity contribution in [2.24, 2.45) is 0 Å². The first-order chi connectivity index (χ1) is 14.0. The van der Waals surface area contributed by atoms with E-state index in [0.29, 0.717) is 28.4 Å². The molecule has 0 atom stereocenters. The maximum absolute atomic E-state index is 13.0. The van der Waals surface area contributed by atoms with Gasteiger partial charge in [0.25, 0.3) is 0 Å². The Morgan fingerprint density at radius 1 is 0.897 bits per heavy atom. The molecule has 3 aromatic rings. The lowest BCUT2D eigenvalue weighted by molar-refractivity contribution is 0.103. The van der Waals surface area contributed by atoms with Crippen LogP contribution in [0.5, 0.6) is 23.0 Å². The van der Waals surface area contributed by atoms with Crippen molar-refractivity contribution >= 4 is 5.78 Å². The van der Waals surface area contributed by atoms with Crippen molar-refractivity contribution in [2.45, 2.75) is 20.0 Å². The lowest BCUT2D eigenvalue weighted by Crippen LogP contribution is -2.06. The highest BCUT2D eigenvalue weighted by Gasteiger charge is 2.19. The molecule has 0 saturated carbocycles. The van der Waals surface area contributed by atoms with Crippen LogP contribution in [0.2, 0.25) is 0 Å². The summed E-state index contributed by atoms with van der Waals surface area (Å²) in [6, 6.07) is 12.8. The summed E-state index contributed by atoms with van der Waals surface area (Å²) < 4.78 is 23.7. The summed E-state index contributed by atoms with van der Waals surface area (Å²) in [6.07, 6.45) is 3.73. The lowest BCUT2D eigenvalue weighted by Gasteiger charge is -2.13. The van der Waals surface area contributed by atoms with Crippen LogP contribution in [0.1, 0.15) is 29.8 Å². The average molecular weight is 395 g/mol. The number of ketones is 1. The van der Waals surface area contributed by atoms with E-state index in [0.717, 1.165) is 11.4 Å². The number of ether oxygens (including phenoxy) is 4. The van der Waals surface area contributed by atoms with Crippen LogP contribution >= 0.6 is 0 Å². The molecule has 0 N–H and O–H groups in total. The van der Waals surface area contributed by atoms with Crippen LogP contribution in [-0.4, -0.2) is 37.8 Å². The Bertz CT molecular complexity index is 981. The van der Waals surface area contributed by atoms with Gasteiger partial charge in [-0.2, -0.15) is 0 Å². The quantitative estimate of drug-likeness (QED) is 0.525. The number of carbonyl (C=O) groups is 1. The van der Waals surface area contributed by atoms with Gasteiger partial charge in [-0.25, -0.2) is 0 Å². The highest BCUT2D eigenvalue weighted by molar-refractivity contribution is 6.09. The zero-order valence-electron chi connectivity index (χ0n) is 17.3. The smallest absolute Gasteiger partial charge is 0.203 e. The van der Waals surface area contributed by atoms with Gasteiger partial charge in [0.05, 0.1) is 27.4 Å². The predicted octanol–water partition coefficient (Wildman–Crippen LogP) is 4.52. The van der Waals surface area contributed by atoms with Gasteiger partial charge in [-0.05, 0) is 44.2 Å². The Morgan fingerprint density at radius 3 is 2.17 bits per heavy atom. The van der Waals surface area contributed by atoms with Crippen molar-refractivity contribution in [3.05, 3.63) is 66.0 Å². The SMILES string of the molecule is COc1cc(C(=O)c2ccn(-c3cccc(OC(C)C)c3)c2)cc(OC)c1OC. The monoisotopic (exact) mass is 395 g/mol. The molecular formula is C23H25NO5. The normalized spacial score (nSPS) is 10.7. The van der Waals surface area contributed by atoms with Gasteiger partial charge >= 0.3 is 0 Å². The Balaban J connectivity index is 1.92. The van der Waals surface area contributed by atoms with Crippen LogP contribution in [0.3, 0.4) is 0 Å². The van der Waals surface area contributed by atoms with Crippen molar-refractivity contribution < 1.29 is 23.7 Å². The molecule has 0 aliphatic rings. The number of methoxy groups -OCH3 is 3. The van der Waals surface area contributed by atoms with E-state index < -0.39 is 0 Å². The molecule has 0 aliphatic carbocycles. The molecule has 1 heterocycles. The molecular weight excluding hydrogens is 370 g/mol. The van der Waals surface area contributed by atoms with E-state index in [9.17, 15) is 4.79 Å². The molecule has 0 radical (unpaired) electrons. The van der Waals surface area contributed by atoms with Crippen LogP contribution < -0.4 is 18.9 Å². The summed E-state index contributed by atoms with van der Waals surface area (Å²) in [6.45, 7) is 3.97. The minimum absolute atomic E-state index is 0.0899. The molecule has 6 nitrogen and oxygen atoms in total. The van der Waals surface area contributed by atoms with Crippen molar-refractivity contribution in [1.29, 1.82) is 0 Å². The Hall–Kier alpha value is -3.41. The standard InChI is InChI=1S/C23H25NO5/c1-15(2)29-19-8-6-7-18(13-19)24-10-9-16(14-24)22(25)17-11-20(26-3)23(28-5)21(12-17)27-4/h6-15H,1-5H3. The van der Waals surface area contributed by atoms with Crippen LogP contribution in [0.15, 0.2) is 54.9 Å². The second kappa shape index (κ2) is 8.73. The number of rotatable bonds is 8. The molecule has 0 spiro atoms. The van der Waals surface area contributed by atoms with E-state index in [2.05, 4.69) is 0 Å². The first kappa shape index (κ1) is 20.3. The topological polar surface area (TPSA) is 58.9 Å². The number of benzene rings is 2. The van der Waals surface area contributed by atoms with Crippen LogP contribution in [0, 0.1) is 0 Å². The molecule has 152 valence electrons. The van der Waals surface area contributed by atoms with Crippen molar-refractivity contribution in [1.82, 2.24) is 4.57 Å². The van der Waals surface area contributed by atoms with Gasteiger partial charge in [0.15, 0.2) is 17.3 Å².